The minimum Gasteiger partial charge on any atom is -0.595 e. The van der Waals surface area contributed by atoms with E-state index in [2.05, 4.69) is 0 Å². The average Bonchev–Trinajstić information content (AvgIpc) is 3.10. The van der Waals surface area contributed by atoms with Crippen LogP contribution in [-0.2, 0) is 19.0 Å². The Morgan fingerprint density at radius 1 is 1.59 bits per heavy atom. The van der Waals surface area contributed by atoms with E-state index in [0.29, 0.717) is 6.61 Å². The minimum absolute atomic E-state index is 0.0420. The molecule has 1 aromatic rings. The third-order valence-corrected chi connectivity index (χ3v) is 3.46. The van der Waals surface area contributed by atoms with Crippen LogP contribution in [0.25, 0.3) is 0 Å². The number of hydrogen-bond donors (Lipinski definition) is 2. The Morgan fingerprint density at radius 2 is 2.29 bits per heavy atom. The molecule has 1 aliphatic heterocycles. The quantitative estimate of drug-likeness (QED) is 0.408. The summed E-state index contributed by atoms with van der Waals surface area (Å²) in [6.45, 7) is 0.449. The highest BCUT2D eigenvalue weighted by Crippen LogP contribution is 2.17. The van der Waals surface area contributed by atoms with E-state index in [1.165, 1.54) is 18.2 Å². The van der Waals surface area contributed by atoms with E-state index in [0.717, 1.165) is 6.07 Å². The van der Waals surface area contributed by atoms with Crippen molar-refractivity contribution in [3.8, 4) is 0 Å². The topological polar surface area (TPSA) is 104 Å². The molecule has 0 saturated carbocycles. The Hall–Kier alpha value is -1.03. The summed E-state index contributed by atoms with van der Waals surface area (Å²) in [7, 11) is -3.91. The predicted molar refractivity (Wildman–Crippen MR) is 55.1 cm³/mol. The molecule has 17 heavy (non-hydrogen) atoms. The highest BCUT2D eigenvalue weighted by Gasteiger charge is 2.27. The van der Waals surface area contributed by atoms with Crippen molar-refractivity contribution in [1.29, 1.82) is 0 Å². The average molecular weight is 261 g/mol. The van der Waals surface area contributed by atoms with Crippen molar-refractivity contribution in [2.45, 2.75) is 11.0 Å². The van der Waals surface area contributed by atoms with E-state index in [1.807, 2.05) is 0 Å². The Morgan fingerprint density at radius 3 is 2.88 bits per heavy atom. The Labute approximate surface area is 97.8 Å². The lowest BCUT2D eigenvalue weighted by molar-refractivity contribution is -0.991. The van der Waals surface area contributed by atoms with Crippen molar-refractivity contribution < 1.29 is 27.8 Å². The number of ether oxygens (including phenoxy) is 1. The van der Waals surface area contributed by atoms with Gasteiger partial charge in [0.25, 0.3) is 10.1 Å². The van der Waals surface area contributed by atoms with E-state index >= 15 is 0 Å². The number of quaternary nitrogens is 1. The monoisotopic (exact) mass is 261 g/mol. The summed E-state index contributed by atoms with van der Waals surface area (Å²) in [6.07, 6.45) is -0.174. The van der Waals surface area contributed by atoms with Gasteiger partial charge in [-0.05, 0) is 6.07 Å². The third-order valence-electron chi connectivity index (χ3n) is 2.18. The van der Waals surface area contributed by atoms with Gasteiger partial charge in [0.2, 0.25) is 0 Å². The number of hydrogen-bond acceptors (Lipinski definition) is 6. The molecule has 1 aromatic carbocycles. The zero-order chi connectivity index (χ0) is 12.5. The van der Waals surface area contributed by atoms with Crippen molar-refractivity contribution in [3.63, 3.8) is 0 Å². The van der Waals surface area contributed by atoms with Crippen molar-refractivity contribution >= 4 is 15.8 Å². The summed E-state index contributed by atoms with van der Waals surface area (Å²) < 4.78 is 32.9. The second kappa shape index (κ2) is 4.69. The van der Waals surface area contributed by atoms with Crippen LogP contribution in [0.15, 0.2) is 29.2 Å². The highest BCUT2D eigenvalue weighted by molar-refractivity contribution is 7.86. The molecule has 0 aromatic heterocycles. The predicted octanol–water partition coefficient (Wildman–Crippen LogP) is -0.806. The van der Waals surface area contributed by atoms with E-state index in [4.69, 9.17) is 14.1 Å². The maximum atomic E-state index is 11.7. The number of epoxide rings is 1. The molecule has 0 amide bonds. The largest absolute Gasteiger partial charge is 0.595 e. The fourth-order valence-electron chi connectivity index (χ4n) is 1.18. The van der Waals surface area contributed by atoms with Gasteiger partial charge in [-0.3, -0.25) is 4.18 Å². The summed E-state index contributed by atoms with van der Waals surface area (Å²) in [4.78, 5) is -0.168. The second-order valence-corrected chi connectivity index (χ2v) is 5.14. The van der Waals surface area contributed by atoms with Gasteiger partial charge in [-0.25, -0.2) is 5.21 Å². The van der Waals surface area contributed by atoms with Crippen LogP contribution in [-0.4, -0.2) is 32.9 Å². The molecule has 8 heteroatoms. The van der Waals surface area contributed by atoms with Gasteiger partial charge in [0, 0.05) is 12.1 Å². The smallest absolute Gasteiger partial charge is 0.297 e. The molecule has 1 heterocycles. The van der Waals surface area contributed by atoms with Crippen molar-refractivity contribution in [2.24, 2.45) is 0 Å². The van der Waals surface area contributed by atoms with E-state index in [-0.39, 0.29) is 23.3 Å². The van der Waals surface area contributed by atoms with Gasteiger partial charge < -0.3 is 9.94 Å². The molecule has 0 aliphatic carbocycles. The normalized spacial score (nSPS) is 21.2. The maximum absolute atomic E-state index is 11.7. The summed E-state index contributed by atoms with van der Waals surface area (Å²) in [5.41, 5.74) is -0.0997. The molecule has 0 bridgehead atoms. The summed E-state index contributed by atoms with van der Waals surface area (Å²) in [6, 6.07) is 5.01. The summed E-state index contributed by atoms with van der Waals surface area (Å²) in [5.74, 6) is 0. The van der Waals surface area contributed by atoms with Crippen LogP contribution in [0, 0.1) is 5.21 Å². The van der Waals surface area contributed by atoms with Crippen LogP contribution in [0.2, 0.25) is 0 Å². The lowest BCUT2D eigenvalue weighted by atomic mass is 10.3. The molecule has 1 saturated heterocycles. The number of benzene rings is 1. The van der Waals surface area contributed by atoms with E-state index in [9.17, 15) is 13.6 Å². The number of nitrogens with one attached hydrogen (secondary N) is 1. The molecular formula is C9H11NO6S. The van der Waals surface area contributed by atoms with Gasteiger partial charge in [-0.1, -0.05) is 6.07 Å². The summed E-state index contributed by atoms with van der Waals surface area (Å²) in [5, 5.41) is 18.3. The van der Waals surface area contributed by atoms with Gasteiger partial charge in [-0.2, -0.15) is 13.6 Å². The van der Waals surface area contributed by atoms with Gasteiger partial charge in [0.05, 0.1) is 13.2 Å². The van der Waals surface area contributed by atoms with Crippen LogP contribution >= 0.6 is 0 Å². The molecular weight excluding hydrogens is 250 g/mol. The molecule has 1 fully saturated rings. The fourth-order valence-corrected chi connectivity index (χ4v) is 2.17. The second-order valence-electron chi connectivity index (χ2n) is 3.53. The standard InChI is InChI=1S/C9H11NO6S/c11-10(12)7-2-1-3-9(4-7)17(13,14)16-6-8-5-15-8/h1-4,8,10-11H,5-6H2. The Balaban J connectivity index is 2.16. The lowest BCUT2D eigenvalue weighted by Gasteiger charge is -2.12. The highest BCUT2D eigenvalue weighted by atomic mass is 32.2. The molecule has 7 nitrogen and oxygen atoms in total. The van der Waals surface area contributed by atoms with Crippen molar-refractivity contribution in [3.05, 3.63) is 29.5 Å². The first kappa shape index (κ1) is 12.4. The van der Waals surface area contributed by atoms with Gasteiger partial charge in [0.15, 0.2) is 5.69 Å². The lowest BCUT2D eigenvalue weighted by Crippen LogP contribution is -2.99. The van der Waals surface area contributed by atoms with Gasteiger partial charge in [-0.15, -0.1) is 0 Å². The molecule has 1 aliphatic rings. The van der Waals surface area contributed by atoms with E-state index in [1.54, 1.807) is 0 Å². The van der Waals surface area contributed by atoms with Gasteiger partial charge >= 0.3 is 0 Å². The van der Waals surface area contributed by atoms with Crippen LogP contribution in [0.4, 0.5) is 5.69 Å². The zero-order valence-corrected chi connectivity index (χ0v) is 9.51. The third kappa shape index (κ3) is 3.22. The van der Waals surface area contributed by atoms with Crippen molar-refractivity contribution in [2.75, 3.05) is 13.2 Å². The first-order valence-corrected chi connectivity index (χ1v) is 6.24. The van der Waals surface area contributed by atoms with Crippen LogP contribution < -0.4 is 5.23 Å². The molecule has 94 valence electrons. The molecule has 2 atom stereocenters. The summed E-state index contributed by atoms with van der Waals surface area (Å²) >= 11 is 0. The van der Waals surface area contributed by atoms with E-state index < -0.39 is 15.3 Å². The zero-order valence-electron chi connectivity index (χ0n) is 8.70. The van der Waals surface area contributed by atoms with Crippen LogP contribution in [0.1, 0.15) is 0 Å². The molecule has 0 spiro atoms. The van der Waals surface area contributed by atoms with Gasteiger partial charge in [0.1, 0.15) is 11.0 Å². The minimum atomic E-state index is -3.91. The molecule has 0 radical (unpaired) electrons. The first-order valence-electron chi connectivity index (χ1n) is 4.83. The fraction of sp³-hybridized carbons (Fsp3) is 0.333. The first-order chi connectivity index (χ1) is 7.99. The molecule has 2 N–H and O–H groups in total. The molecule has 2 rings (SSSR count). The van der Waals surface area contributed by atoms with Crippen LogP contribution in [0.5, 0.6) is 0 Å². The van der Waals surface area contributed by atoms with Crippen LogP contribution in [0.3, 0.4) is 0 Å². The Kier molecular flexibility index (Phi) is 3.43. The number of rotatable bonds is 5. The molecule has 2 unspecified atom stereocenters. The maximum Gasteiger partial charge on any atom is 0.297 e. The van der Waals surface area contributed by atoms with Crippen molar-refractivity contribution in [1.82, 2.24) is 0 Å². The Bertz CT molecular complexity index is 496. The SMILES string of the molecule is O=S(=O)(OCC1CO1)c1cccc([NH+]([O-])O)c1.